The number of amides is 1. The molecule has 0 aliphatic carbocycles. The molecule has 3 N–H and O–H groups in total. The largest absolute Gasteiger partial charge is 0.491 e. The molecule has 1 aliphatic heterocycles. The summed E-state index contributed by atoms with van der Waals surface area (Å²) in [6.45, 7) is 5.71. The fraction of sp³-hybridized carbons (Fsp3) is 0.611. The first-order chi connectivity index (χ1) is 11.1. The first kappa shape index (κ1) is 17.8. The van der Waals surface area contributed by atoms with Gasteiger partial charge in [0.05, 0.1) is 11.5 Å². The Kier molecular flexibility index (Phi) is 6.42. The first-order valence-electron chi connectivity index (χ1n) is 8.49. The summed E-state index contributed by atoms with van der Waals surface area (Å²) < 4.78 is 11.3. The third-order valence-corrected chi connectivity index (χ3v) is 4.78. The highest BCUT2D eigenvalue weighted by Crippen LogP contribution is 2.28. The van der Waals surface area contributed by atoms with Crippen molar-refractivity contribution in [3.05, 3.63) is 24.3 Å². The lowest BCUT2D eigenvalue weighted by molar-refractivity contribution is -0.125. The molecule has 0 saturated carbocycles. The molecule has 0 radical (unpaired) electrons. The summed E-state index contributed by atoms with van der Waals surface area (Å²) in [5, 5.41) is 2.97. The van der Waals surface area contributed by atoms with Crippen molar-refractivity contribution < 1.29 is 14.3 Å². The number of hydrogen-bond donors (Lipinski definition) is 2. The summed E-state index contributed by atoms with van der Waals surface area (Å²) in [6.07, 6.45) is 3.77. The number of nitrogens with two attached hydrogens (primary N) is 1. The van der Waals surface area contributed by atoms with Gasteiger partial charge in [0.15, 0.2) is 0 Å². The van der Waals surface area contributed by atoms with Crippen LogP contribution < -0.4 is 15.8 Å². The van der Waals surface area contributed by atoms with Gasteiger partial charge in [0.25, 0.3) is 0 Å². The molecule has 1 heterocycles. The van der Waals surface area contributed by atoms with Crippen LogP contribution in [0.4, 0.5) is 5.69 Å². The van der Waals surface area contributed by atoms with Crippen molar-refractivity contribution in [3.8, 4) is 5.75 Å². The Morgan fingerprint density at radius 3 is 2.83 bits per heavy atom. The minimum absolute atomic E-state index is 0.0266. The van der Waals surface area contributed by atoms with Crippen LogP contribution in [-0.4, -0.2) is 31.8 Å². The van der Waals surface area contributed by atoms with Crippen LogP contribution in [0.5, 0.6) is 5.75 Å². The number of anilines is 1. The Bertz CT molecular complexity index is 500. The number of rotatable bonds is 8. The Labute approximate surface area is 138 Å². The molecular weight excluding hydrogens is 292 g/mol. The van der Waals surface area contributed by atoms with Crippen LogP contribution in [0.15, 0.2) is 24.3 Å². The second-order valence-electron chi connectivity index (χ2n) is 6.12. The van der Waals surface area contributed by atoms with E-state index in [-0.39, 0.29) is 12.0 Å². The molecule has 5 nitrogen and oxygen atoms in total. The fourth-order valence-electron chi connectivity index (χ4n) is 2.84. The zero-order chi connectivity index (χ0) is 16.7. The molecule has 2 rings (SSSR count). The van der Waals surface area contributed by atoms with Crippen molar-refractivity contribution in [2.75, 3.05) is 25.1 Å². The highest BCUT2D eigenvalue weighted by molar-refractivity contribution is 5.95. The third-order valence-electron chi connectivity index (χ3n) is 4.78. The smallest absolute Gasteiger partial charge is 0.231 e. The minimum atomic E-state index is -0.505. The van der Waals surface area contributed by atoms with Crippen LogP contribution in [0.25, 0.3) is 0 Å². The Morgan fingerprint density at radius 1 is 1.43 bits per heavy atom. The SMILES string of the molecule is CCC(CC)(CN)C(=O)Nc1cccc(OCC2CCCO2)c1. The number of nitrogens with one attached hydrogen (secondary N) is 1. The predicted octanol–water partition coefficient (Wildman–Crippen LogP) is 2.95. The molecule has 23 heavy (non-hydrogen) atoms. The van der Waals surface area contributed by atoms with E-state index >= 15 is 0 Å². The molecule has 1 fully saturated rings. The number of hydrogen-bond acceptors (Lipinski definition) is 4. The van der Waals surface area contributed by atoms with E-state index in [0.717, 1.165) is 43.7 Å². The van der Waals surface area contributed by atoms with Gasteiger partial charge in [0.1, 0.15) is 12.4 Å². The molecule has 1 saturated heterocycles. The maximum absolute atomic E-state index is 12.6. The number of carbonyl (C=O) groups is 1. The molecule has 128 valence electrons. The average molecular weight is 320 g/mol. The predicted molar refractivity (Wildman–Crippen MR) is 91.6 cm³/mol. The summed E-state index contributed by atoms with van der Waals surface area (Å²) in [5.41, 5.74) is 6.06. The van der Waals surface area contributed by atoms with Gasteiger partial charge in [0.2, 0.25) is 5.91 Å². The van der Waals surface area contributed by atoms with E-state index in [1.165, 1.54) is 0 Å². The van der Waals surface area contributed by atoms with Gasteiger partial charge in [-0.15, -0.1) is 0 Å². The van der Waals surface area contributed by atoms with Crippen LogP contribution in [0.2, 0.25) is 0 Å². The second kappa shape index (κ2) is 8.31. The lowest BCUT2D eigenvalue weighted by Crippen LogP contribution is -2.41. The second-order valence-corrected chi connectivity index (χ2v) is 6.12. The summed E-state index contributed by atoms with van der Waals surface area (Å²) in [6, 6.07) is 7.48. The normalized spacial score (nSPS) is 18.0. The van der Waals surface area contributed by atoms with Gasteiger partial charge < -0.3 is 20.5 Å². The Hall–Kier alpha value is -1.59. The van der Waals surface area contributed by atoms with Crippen molar-refractivity contribution in [2.24, 2.45) is 11.1 Å². The molecule has 1 aliphatic rings. The number of ether oxygens (including phenoxy) is 2. The fourth-order valence-corrected chi connectivity index (χ4v) is 2.84. The summed E-state index contributed by atoms with van der Waals surface area (Å²) >= 11 is 0. The van der Waals surface area contributed by atoms with Crippen molar-refractivity contribution in [1.82, 2.24) is 0 Å². The van der Waals surface area contributed by atoms with E-state index < -0.39 is 5.41 Å². The maximum Gasteiger partial charge on any atom is 0.231 e. The van der Waals surface area contributed by atoms with E-state index in [4.69, 9.17) is 15.2 Å². The number of carbonyl (C=O) groups excluding carboxylic acids is 1. The van der Waals surface area contributed by atoms with Crippen molar-refractivity contribution >= 4 is 11.6 Å². The summed E-state index contributed by atoms with van der Waals surface area (Å²) in [7, 11) is 0. The molecule has 0 spiro atoms. The van der Waals surface area contributed by atoms with Gasteiger partial charge >= 0.3 is 0 Å². The third kappa shape index (κ3) is 4.45. The van der Waals surface area contributed by atoms with Gasteiger partial charge in [-0.25, -0.2) is 0 Å². The van der Waals surface area contributed by atoms with Gasteiger partial charge in [-0.05, 0) is 37.8 Å². The van der Waals surface area contributed by atoms with Crippen molar-refractivity contribution in [2.45, 2.75) is 45.6 Å². The zero-order valence-electron chi connectivity index (χ0n) is 14.1. The Balaban J connectivity index is 1.97. The van der Waals surface area contributed by atoms with E-state index in [9.17, 15) is 4.79 Å². The monoisotopic (exact) mass is 320 g/mol. The van der Waals surface area contributed by atoms with Crippen LogP contribution >= 0.6 is 0 Å². The standard InChI is InChI=1S/C18H28N2O3/c1-3-18(4-2,13-19)17(21)20-14-7-5-8-15(11-14)23-12-16-9-6-10-22-16/h5,7-8,11,16H,3-4,6,9-10,12-13,19H2,1-2H3,(H,20,21). The molecule has 1 unspecified atom stereocenters. The average Bonchev–Trinajstić information content (AvgIpc) is 3.09. The lowest BCUT2D eigenvalue weighted by Gasteiger charge is -2.28. The maximum atomic E-state index is 12.6. The van der Waals surface area contributed by atoms with E-state index in [1.807, 2.05) is 38.1 Å². The summed E-state index contributed by atoms with van der Waals surface area (Å²) in [5.74, 6) is 0.714. The van der Waals surface area contributed by atoms with E-state index in [0.29, 0.717) is 13.2 Å². The van der Waals surface area contributed by atoms with Crippen LogP contribution in [0.1, 0.15) is 39.5 Å². The van der Waals surface area contributed by atoms with Crippen LogP contribution in [0.3, 0.4) is 0 Å². The minimum Gasteiger partial charge on any atom is -0.491 e. The van der Waals surface area contributed by atoms with Gasteiger partial charge in [-0.3, -0.25) is 4.79 Å². The topological polar surface area (TPSA) is 73.6 Å². The molecule has 1 atom stereocenters. The molecule has 1 aromatic carbocycles. The molecule has 1 aromatic rings. The van der Waals surface area contributed by atoms with Gasteiger partial charge in [-0.2, -0.15) is 0 Å². The van der Waals surface area contributed by atoms with Crippen molar-refractivity contribution in [1.29, 1.82) is 0 Å². The molecule has 0 bridgehead atoms. The quantitative estimate of drug-likeness (QED) is 0.772. The molecule has 1 amide bonds. The van der Waals surface area contributed by atoms with E-state index in [1.54, 1.807) is 0 Å². The first-order valence-corrected chi connectivity index (χ1v) is 8.49. The van der Waals surface area contributed by atoms with Crippen LogP contribution in [-0.2, 0) is 9.53 Å². The Morgan fingerprint density at radius 2 is 2.22 bits per heavy atom. The highest BCUT2D eigenvalue weighted by atomic mass is 16.5. The highest BCUT2D eigenvalue weighted by Gasteiger charge is 2.33. The lowest BCUT2D eigenvalue weighted by atomic mass is 9.81. The van der Waals surface area contributed by atoms with E-state index in [2.05, 4.69) is 5.32 Å². The van der Waals surface area contributed by atoms with Crippen LogP contribution in [0, 0.1) is 5.41 Å². The molecule has 5 heteroatoms. The van der Waals surface area contributed by atoms with Gasteiger partial charge in [0, 0.05) is 24.9 Å². The van der Waals surface area contributed by atoms with Gasteiger partial charge in [-0.1, -0.05) is 19.9 Å². The number of benzene rings is 1. The zero-order valence-corrected chi connectivity index (χ0v) is 14.1. The summed E-state index contributed by atoms with van der Waals surface area (Å²) in [4.78, 5) is 12.6. The van der Waals surface area contributed by atoms with Crippen molar-refractivity contribution in [3.63, 3.8) is 0 Å². The molecular formula is C18H28N2O3. The molecule has 0 aromatic heterocycles.